The van der Waals surface area contributed by atoms with Gasteiger partial charge >= 0.3 is 6.01 Å². The first-order chi connectivity index (χ1) is 9.49. The van der Waals surface area contributed by atoms with Crippen LogP contribution in [-0.4, -0.2) is 28.0 Å². The Morgan fingerprint density at radius 2 is 1.85 bits per heavy atom. The molecule has 2 aromatic heterocycles. The SMILES string of the molecule is COc1ncc(Cl)c(NC(=O)c2cc(Cl)nc(Cl)c2)n1. The Labute approximate surface area is 129 Å². The maximum Gasteiger partial charge on any atom is 0.318 e. The van der Waals surface area contributed by atoms with E-state index < -0.39 is 5.91 Å². The van der Waals surface area contributed by atoms with Crippen LogP contribution < -0.4 is 10.1 Å². The van der Waals surface area contributed by atoms with Crippen molar-refractivity contribution in [1.29, 1.82) is 0 Å². The fourth-order valence-corrected chi connectivity index (χ4v) is 1.91. The Morgan fingerprint density at radius 3 is 2.45 bits per heavy atom. The maximum atomic E-state index is 12.1. The number of nitrogens with zero attached hydrogens (tertiary/aromatic N) is 3. The van der Waals surface area contributed by atoms with Crippen molar-refractivity contribution in [1.82, 2.24) is 15.0 Å². The van der Waals surface area contributed by atoms with E-state index in [0.717, 1.165) is 0 Å². The number of amides is 1. The maximum absolute atomic E-state index is 12.1. The quantitative estimate of drug-likeness (QED) is 0.873. The first-order valence-electron chi connectivity index (χ1n) is 5.20. The fourth-order valence-electron chi connectivity index (χ4n) is 1.31. The number of aromatic nitrogens is 3. The lowest BCUT2D eigenvalue weighted by Gasteiger charge is -2.07. The van der Waals surface area contributed by atoms with Crippen molar-refractivity contribution in [2.24, 2.45) is 0 Å². The normalized spacial score (nSPS) is 10.2. The summed E-state index contributed by atoms with van der Waals surface area (Å²) in [6, 6.07) is 2.82. The summed E-state index contributed by atoms with van der Waals surface area (Å²) in [5, 5.41) is 2.89. The lowest BCUT2D eigenvalue weighted by atomic mass is 10.2. The highest BCUT2D eigenvalue weighted by Crippen LogP contribution is 2.22. The summed E-state index contributed by atoms with van der Waals surface area (Å²) in [4.78, 5) is 23.5. The van der Waals surface area contributed by atoms with Gasteiger partial charge < -0.3 is 10.1 Å². The zero-order valence-electron chi connectivity index (χ0n) is 10.0. The number of ether oxygens (including phenoxy) is 1. The second-order valence-electron chi connectivity index (χ2n) is 3.51. The highest BCUT2D eigenvalue weighted by molar-refractivity contribution is 6.34. The van der Waals surface area contributed by atoms with Crippen molar-refractivity contribution in [3.05, 3.63) is 39.2 Å². The number of hydrogen-bond acceptors (Lipinski definition) is 5. The van der Waals surface area contributed by atoms with Crippen molar-refractivity contribution >= 4 is 46.5 Å². The Kier molecular flexibility index (Phi) is 4.59. The molecule has 2 aromatic rings. The number of methoxy groups -OCH3 is 1. The highest BCUT2D eigenvalue weighted by atomic mass is 35.5. The third-order valence-electron chi connectivity index (χ3n) is 2.16. The molecule has 0 aliphatic rings. The van der Waals surface area contributed by atoms with Crippen LogP contribution in [0.3, 0.4) is 0 Å². The summed E-state index contributed by atoms with van der Waals surface area (Å²) in [7, 11) is 1.40. The molecule has 0 saturated heterocycles. The van der Waals surface area contributed by atoms with E-state index in [1.807, 2.05) is 0 Å². The van der Waals surface area contributed by atoms with Crippen LogP contribution in [-0.2, 0) is 0 Å². The summed E-state index contributed by atoms with van der Waals surface area (Å²) < 4.78 is 4.85. The van der Waals surface area contributed by atoms with E-state index in [0.29, 0.717) is 0 Å². The first-order valence-corrected chi connectivity index (χ1v) is 6.34. The van der Waals surface area contributed by atoms with Gasteiger partial charge in [-0.25, -0.2) is 9.97 Å². The van der Waals surface area contributed by atoms with Gasteiger partial charge in [-0.2, -0.15) is 4.98 Å². The molecular weight excluding hydrogens is 327 g/mol. The molecule has 0 aliphatic heterocycles. The van der Waals surface area contributed by atoms with Crippen LogP contribution in [0.4, 0.5) is 5.82 Å². The van der Waals surface area contributed by atoms with Crippen molar-refractivity contribution < 1.29 is 9.53 Å². The number of halogens is 3. The van der Waals surface area contributed by atoms with Gasteiger partial charge in [-0.15, -0.1) is 0 Å². The summed E-state index contributed by atoms with van der Waals surface area (Å²) in [5.74, 6) is -0.369. The molecule has 0 radical (unpaired) electrons. The van der Waals surface area contributed by atoms with Crippen LogP contribution in [0.15, 0.2) is 18.3 Å². The van der Waals surface area contributed by atoms with Gasteiger partial charge in [-0.3, -0.25) is 4.79 Å². The summed E-state index contributed by atoms with van der Waals surface area (Å²) in [5.41, 5.74) is 0.226. The average Bonchev–Trinajstić information content (AvgIpc) is 2.40. The van der Waals surface area contributed by atoms with E-state index >= 15 is 0 Å². The van der Waals surface area contributed by atoms with E-state index in [2.05, 4.69) is 20.3 Å². The lowest BCUT2D eigenvalue weighted by molar-refractivity contribution is 0.102. The molecule has 0 aliphatic carbocycles. The Bertz CT molecular complexity index is 646. The predicted octanol–water partition coefficient (Wildman–Crippen LogP) is 3.09. The zero-order chi connectivity index (χ0) is 14.7. The minimum atomic E-state index is -0.487. The van der Waals surface area contributed by atoms with Crippen molar-refractivity contribution in [3.8, 4) is 6.01 Å². The molecule has 0 fully saturated rings. The average molecular weight is 334 g/mol. The zero-order valence-corrected chi connectivity index (χ0v) is 12.3. The van der Waals surface area contributed by atoms with Gasteiger partial charge in [0.25, 0.3) is 5.91 Å². The molecule has 2 rings (SSSR count). The molecule has 1 N–H and O–H groups in total. The molecule has 0 spiro atoms. The number of pyridine rings is 1. The molecule has 0 bridgehead atoms. The van der Waals surface area contributed by atoms with Gasteiger partial charge in [0.2, 0.25) is 0 Å². The van der Waals surface area contributed by atoms with E-state index in [1.165, 1.54) is 25.4 Å². The Balaban J connectivity index is 2.27. The molecule has 20 heavy (non-hydrogen) atoms. The largest absolute Gasteiger partial charge is 0.467 e. The lowest BCUT2D eigenvalue weighted by Crippen LogP contribution is -2.14. The molecule has 0 atom stereocenters. The molecule has 1 amide bonds. The molecule has 0 unspecified atom stereocenters. The smallest absolute Gasteiger partial charge is 0.318 e. The van der Waals surface area contributed by atoms with Crippen molar-refractivity contribution in [2.75, 3.05) is 12.4 Å². The molecule has 9 heteroatoms. The third-order valence-corrected chi connectivity index (χ3v) is 2.83. The van der Waals surface area contributed by atoms with Crippen LogP contribution >= 0.6 is 34.8 Å². The van der Waals surface area contributed by atoms with Crippen LogP contribution in [0, 0.1) is 0 Å². The van der Waals surface area contributed by atoms with Crippen LogP contribution in [0.25, 0.3) is 0 Å². The summed E-state index contributed by atoms with van der Waals surface area (Å²) >= 11 is 17.3. The monoisotopic (exact) mass is 332 g/mol. The van der Waals surface area contributed by atoms with Gasteiger partial charge in [0.15, 0.2) is 5.82 Å². The van der Waals surface area contributed by atoms with Crippen molar-refractivity contribution in [2.45, 2.75) is 0 Å². The number of anilines is 1. The third kappa shape index (κ3) is 3.47. The Morgan fingerprint density at radius 1 is 1.20 bits per heavy atom. The van der Waals surface area contributed by atoms with E-state index in [9.17, 15) is 4.79 Å². The van der Waals surface area contributed by atoms with Crippen LogP contribution in [0.5, 0.6) is 6.01 Å². The Hall–Kier alpha value is -1.63. The number of carbonyl (C=O) groups is 1. The summed E-state index contributed by atoms with van der Waals surface area (Å²) in [6.45, 7) is 0. The van der Waals surface area contributed by atoms with E-state index in [1.54, 1.807) is 0 Å². The second kappa shape index (κ2) is 6.21. The first kappa shape index (κ1) is 14.8. The fraction of sp³-hybridized carbons (Fsp3) is 0.0909. The second-order valence-corrected chi connectivity index (χ2v) is 4.69. The van der Waals surface area contributed by atoms with Crippen molar-refractivity contribution in [3.63, 3.8) is 0 Å². The van der Waals surface area contributed by atoms with Gasteiger partial charge in [0, 0.05) is 5.56 Å². The standard InChI is InChI=1S/C11H7Cl3N4O2/c1-20-11-15-4-6(12)9(18-11)17-10(19)5-2-7(13)16-8(14)3-5/h2-4H,1H3,(H,15,17,18,19). The summed E-state index contributed by atoms with van der Waals surface area (Å²) in [6.07, 6.45) is 1.31. The van der Waals surface area contributed by atoms with Crippen LogP contribution in [0.2, 0.25) is 15.3 Å². The topological polar surface area (TPSA) is 77.0 Å². The van der Waals surface area contributed by atoms with E-state index in [-0.39, 0.29) is 32.7 Å². The van der Waals surface area contributed by atoms with Gasteiger partial charge in [0.1, 0.15) is 15.3 Å². The minimum Gasteiger partial charge on any atom is -0.467 e. The number of rotatable bonds is 3. The number of carbonyl (C=O) groups excluding carboxylic acids is 1. The van der Waals surface area contributed by atoms with Crippen LogP contribution in [0.1, 0.15) is 10.4 Å². The molecule has 2 heterocycles. The minimum absolute atomic E-state index is 0.0792. The van der Waals surface area contributed by atoms with Gasteiger partial charge in [-0.1, -0.05) is 34.8 Å². The molecule has 0 saturated carbocycles. The number of hydrogen-bond donors (Lipinski definition) is 1. The highest BCUT2D eigenvalue weighted by Gasteiger charge is 2.13. The van der Waals surface area contributed by atoms with Gasteiger partial charge in [-0.05, 0) is 12.1 Å². The number of nitrogens with one attached hydrogen (secondary N) is 1. The van der Waals surface area contributed by atoms with Gasteiger partial charge in [0.05, 0.1) is 13.3 Å². The molecule has 104 valence electrons. The van der Waals surface area contributed by atoms with E-state index in [4.69, 9.17) is 39.5 Å². The molecular formula is C11H7Cl3N4O2. The molecule has 0 aromatic carbocycles. The molecule has 6 nitrogen and oxygen atoms in total. The predicted molar refractivity (Wildman–Crippen MR) is 75.8 cm³/mol.